The summed E-state index contributed by atoms with van der Waals surface area (Å²) in [6, 6.07) is 78.9. The Balaban J connectivity index is 1.19. The molecule has 2 nitrogen and oxygen atoms in total. The number of hydrogen-bond acceptors (Lipinski definition) is 1. The Kier molecular flexibility index (Phi) is 7.85. The van der Waals surface area contributed by atoms with E-state index in [1.165, 1.54) is 60.4 Å². The summed E-state index contributed by atoms with van der Waals surface area (Å²) in [6.45, 7) is 0. The Morgan fingerprint density at radius 1 is 0.315 bits per heavy atom. The molecule has 1 aromatic heterocycles. The van der Waals surface area contributed by atoms with E-state index in [0.29, 0.717) is 0 Å². The standard InChI is InChI=1S/C52H36N2/c1-3-15-37(16-4-1)38-29-31-42(32-30-38)53(50-27-11-9-24-47(50)40-17-5-2-6-18-40)44-33-34-49-48-25-10-12-28-51(48)54(52(49)36-44)43-22-13-21-41(35-43)46-26-14-20-39-19-7-8-23-45(39)46/h1-36H. The molecule has 9 aromatic carbocycles. The zero-order valence-electron chi connectivity index (χ0n) is 29.7. The van der Waals surface area contributed by atoms with E-state index < -0.39 is 0 Å². The predicted octanol–water partition coefficient (Wildman–Crippen LogP) is 14.4. The molecule has 0 atom stereocenters. The molecule has 54 heavy (non-hydrogen) atoms. The van der Waals surface area contributed by atoms with E-state index in [4.69, 9.17) is 0 Å². The lowest BCUT2D eigenvalue weighted by Gasteiger charge is -2.28. The van der Waals surface area contributed by atoms with Crippen molar-refractivity contribution in [3.05, 3.63) is 218 Å². The number of fused-ring (bicyclic) bond motifs is 4. The van der Waals surface area contributed by atoms with Gasteiger partial charge in [-0.05, 0) is 87.1 Å². The quantitative estimate of drug-likeness (QED) is 0.162. The van der Waals surface area contributed by atoms with Crippen LogP contribution in [0.3, 0.4) is 0 Å². The topological polar surface area (TPSA) is 8.17 Å². The number of benzene rings is 9. The van der Waals surface area contributed by atoms with Crippen LogP contribution in [0.25, 0.3) is 71.6 Å². The number of hydrogen-bond donors (Lipinski definition) is 0. The van der Waals surface area contributed by atoms with Crippen LogP contribution in [0.2, 0.25) is 0 Å². The monoisotopic (exact) mass is 688 g/mol. The minimum atomic E-state index is 1.09. The van der Waals surface area contributed by atoms with Crippen LogP contribution in [0, 0.1) is 0 Å². The van der Waals surface area contributed by atoms with Crippen LogP contribution < -0.4 is 4.90 Å². The molecule has 0 aliphatic carbocycles. The average Bonchev–Trinajstić information content (AvgIpc) is 3.58. The fraction of sp³-hybridized carbons (Fsp3) is 0. The SMILES string of the molecule is c1ccc(-c2ccc(N(c3ccc4c5ccccc5n(-c5cccc(-c6cccc7ccccc67)c5)c4c3)c3ccccc3-c3ccccc3)cc2)cc1. The lowest BCUT2D eigenvalue weighted by Crippen LogP contribution is -2.11. The average molecular weight is 689 g/mol. The molecule has 0 aliphatic heterocycles. The van der Waals surface area contributed by atoms with E-state index in [2.05, 4.69) is 228 Å². The van der Waals surface area contributed by atoms with Crippen molar-refractivity contribution in [1.82, 2.24) is 4.57 Å². The molecule has 0 N–H and O–H groups in total. The summed E-state index contributed by atoms with van der Waals surface area (Å²) in [5.41, 5.74) is 14.0. The Morgan fingerprint density at radius 2 is 0.889 bits per heavy atom. The van der Waals surface area contributed by atoms with Gasteiger partial charge in [-0.25, -0.2) is 0 Å². The molecule has 0 saturated heterocycles. The second-order valence-corrected chi connectivity index (χ2v) is 13.8. The van der Waals surface area contributed by atoms with Gasteiger partial charge in [-0.3, -0.25) is 0 Å². The van der Waals surface area contributed by atoms with E-state index in [0.717, 1.165) is 28.3 Å². The van der Waals surface area contributed by atoms with Gasteiger partial charge in [0.25, 0.3) is 0 Å². The van der Waals surface area contributed by atoms with Crippen LogP contribution in [-0.4, -0.2) is 4.57 Å². The van der Waals surface area contributed by atoms with Gasteiger partial charge in [0.05, 0.1) is 16.7 Å². The highest BCUT2D eigenvalue weighted by molar-refractivity contribution is 6.10. The number of aromatic nitrogens is 1. The number of para-hydroxylation sites is 2. The third-order valence-electron chi connectivity index (χ3n) is 10.6. The normalized spacial score (nSPS) is 11.3. The zero-order chi connectivity index (χ0) is 35.8. The molecule has 0 amide bonds. The highest BCUT2D eigenvalue weighted by Gasteiger charge is 2.20. The second-order valence-electron chi connectivity index (χ2n) is 13.8. The summed E-state index contributed by atoms with van der Waals surface area (Å²) >= 11 is 0. The van der Waals surface area contributed by atoms with Crippen molar-refractivity contribution in [2.75, 3.05) is 4.90 Å². The molecule has 10 rings (SSSR count). The van der Waals surface area contributed by atoms with E-state index in [1.807, 2.05) is 0 Å². The summed E-state index contributed by atoms with van der Waals surface area (Å²) in [5, 5.41) is 4.96. The van der Waals surface area contributed by atoms with Crippen molar-refractivity contribution in [1.29, 1.82) is 0 Å². The van der Waals surface area contributed by atoms with Gasteiger partial charge in [-0.2, -0.15) is 0 Å². The fourth-order valence-electron chi connectivity index (χ4n) is 8.06. The first kappa shape index (κ1) is 31.6. The summed E-state index contributed by atoms with van der Waals surface area (Å²) in [4.78, 5) is 2.41. The summed E-state index contributed by atoms with van der Waals surface area (Å²) in [6.07, 6.45) is 0. The third kappa shape index (κ3) is 5.53. The molecular weight excluding hydrogens is 653 g/mol. The van der Waals surface area contributed by atoms with Crippen LogP contribution in [0.1, 0.15) is 0 Å². The maximum Gasteiger partial charge on any atom is 0.0561 e. The molecule has 0 saturated carbocycles. The highest BCUT2D eigenvalue weighted by Crippen LogP contribution is 2.44. The van der Waals surface area contributed by atoms with Crippen molar-refractivity contribution >= 4 is 49.6 Å². The minimum absolute atomic E-state index is 1.09. The molecule has 0 fully saturated rings. The van der Waals surface area contributed by atoms with Crippen molar-refractivity contribution in [2.24, 2.45) is 0 Å². The first-order valence-corrected chi connectivity index (χ1v) is 18.5. The minimum Gasteiger partial charge on any atom is -0.310 e. The molecule has 0 aliphatic rings. The van der Waals surface area contributed by atoms with Crippen LogP contribution in [-0.2, 0) is 0 Å². The molecule has 0 spiro atoms. The van der Waals surface area contributed by atoms with Gasteiger partial charge in [0.1, 0.15) is 0 Å². The summed E-state index contributed by atoms with van der Waals surface area (Å²) < 4.78 is 2.43. The summed E-state index contributed by atoms with van der Waals surface area (Å²) in [7, 11) is 0. The largest absolute Gasteiger partial charge is 0.310 e. The Hall–Kier alpha value is -7.16. The Bertz CT molecular complexity index is 2920. The first-order valence-electron chi connectivity index (χ1n) is 18.5. The highest BCUT2D eigenvalue weighted by atomic mass is 15.1. The number of rotatable bonds is 7. The molecule has 0 radical (unpaired) electrons. The maximum absolute atomic E-state index is 2.43. The van der Waals surface area contributed by atoms with E-state index in [-0.39, 0.29) is 0 Å². The fourth-order valence-corrected chi connectivity index (χ4v) is 8.06. The van der Waals surface area contributed by atoms with E-state index in [1.54, 1.807) is 0 Å². The van der Waals surface area contributed by atoms with Gasteiger partial charge in [-0.15, -0.1) is 0 Å². The number of nitrogens with zero attached hydrogens (tertiary/aromatic N) is 2. The lowest BCUT2D eigenvalue weighted by molar-refractivity contribution is 1.18. The molecule has 254 valence electrons. The molecule has 0 unspecified atom stereocenters. The van der Waals surface area contributed by atoms with Crippen molar-refractivity contribution in [3.63, 3.8) is 0 Å². The van der Waals surface area contributed by atoms with Gasteiger partial charge in [0.2, 0.25) is 0 Å². The molecule has 10 aromatic rings. The maximum atomic E-state index is 2.43. The van der Waals surface area contributed by atoms with Crippen molar-refractivity contribution < 1.29 is 0 Å². The van der Waals surface area contributed by atoms with Gasteiger partial charge in [0.15, 0.2) is 0 Å². The van der Waals surface area contributed by atoms with Crippen molar-refractivity contribution in [3.8, 4) is 39.1 Å². The van der Waals surface area contributed by atoms with Gasteiger partial charge in [0, 0.05) is 33.4 Å². The van der Waals surface area contributed by atoms with Crippen molar-refractivity contribution in [2.45, 2.75) is 0 Å². The summed E-state index contributed by atoms with van der Waals surface area (Å²) in [5.74, 6) is 0. The smallest absolute Gasteiger partial charge is 0.0561 e. The molecule has 0 bridgehead atoms. The first-order chi connectivity index (χ1) is 26.8. The van der Waals surface area contributed by atoms with Crippen LogP contribution in [0.15, 0.2) is 218 Å². The molecule has 2 heteroatoms. The van der Waals surface area contributed by atoms with Crippen LogP contribution >= 0.6 is 0 Å². The van der Waals surface area contributed by atoms with Crippen LogP contribution in [0.5, 0.6) is 0 Å². The molecule has 1 heterocycles. The lowest BCUT2D eigenvalue weighted by atomic mass is 9.98. The van der Waals surface area contributed by atoms with E-state index in [9.17, 15) is 0 Å². The van der Waals surface area contributed by atoms with Gasteiger partial charge < -0.3 is 9.47 Å². The third-order valence-corrected chi connectivity index (χ3v) is 10.6. The second kappa shape index (κ2) is 13.4. The Morgan fingerprint density at radius 3 is 1.72 bits per heavy atom. The predicted molar refractivity (Wildman–Crippen MR) is 229 cm³/mol. The number of anilines is 3. The van der Waals surface area contributed by atoms with Gasteiger partial charge in [-0.1, -0.05) is 170 Å². The van der Waals surface area contributed by atoms with Crippen LogP contribution in [0.4, 0.5) is 17.1 Å². The zero-order valence-corrected chi connectivity index (χ0v) is 29.7. The molecular formula is C52H36N2. The Labute approximate surface area is 315 Å². The van der Waals surface area contributed by atoms with Gasteiger partial charge >= 0.3 is 0 Å². The van der Waals surface area contributed by atoms with E-state index >= 15 is 0 Å².